The van der Waals surface area contributed by atoms with Crippen LogP contribution in [0, 0.1) is 12.8 Å². The van der Waals surface area contributed by atoms with Gasteiger partial charge in [0.15, 0.2) is 0 Å². The standard InChI is InChI=1S/C27H29N3O3/c1-19(2)15-33-27(31)26-20(3)7-6-9-22(26)16-32-17-24-14-30(18-28-24)13-23-12-11-21-8-4-5-10-25(21)29-23/h4-12,14,18-19H,13,15-17H2,1-3H3. The number of carbonyl (C=O) groups excluding carboxylic acids is 1. The number of carbonyl (C=O) groups is 1. The second kappa shape index (κ2) is 10.4. The molecular formula is C27H29N3O3. The number of hydrogen-bond acceptors (Lipinski definition) is 5. The van der Waals surface area contributed by atoms with Crippen molar-refractivity contribution in [3.05, 3.63) is 95.2 Å². The highest BCUT2D eigenvalue weighted by Crippen LogP contribution is 2.18. The number of ether oxygens (including phenoxy) is 2. The molecule has 0 N–H and O–H groups in total. The Morgan fingerprint density at radius 2 is 1.85 bits per heavy atom. The zero-order valence-corrected chi connectivity index (χ0v) is 19.3. The summed E-state index contributed by atoms with van der Waals surface area (Å²) in [4.78, 5) is 21.7. The molecule has 0 saturated heterocycles. The maximum Gasteiger partial charge on any atom is 0.338 e. The molecule has 0 aliphatic carbocycles. The quantitative estimate of drug-likeness (QED) is 0.328. The zero-order chi connectivity index (χ0) is 23.2. The Morgan fingerprint density at radius 1 is 1.00 bits per heavy atom. The molecule has 0 bridgehead atoms. The van der Waals surface area contributed by atoms with Gasteiger partial charge in [-0.05, 0) is 36.1 Å². The Kier molecular flexibility index (Phi) is 7.15. The Hall–Kier alpha value is -3.51. The Bertz CT molecular complexity index is 1250. The summed E-state index contributed by atoms with van der Waals surface area (Å²) in [5.74, 6) is -0.00912. The first-order chi connectivity index (χ1) is 16.0. The number of aromatic nitrogens is 3. The molecule has 0 spiro atoms. The molecule has 2 aromatic carbocycles. The SMILES string of the molecule is Cc1cccc(COCc2cn(Cc3ccc4ccccc4n3)cn2)c1C(=O)OCC(C)C. The Morgan fingerprint density at radius 3 is 2.70 bits per heavy atom. The van der Waals surface area contributed by atoms with E-state index in [1.807, 2.05) is 74.0 Å². The number of para-hydroxylation sites is 1. The lowest BCUT2D eigenvalue weighted by molar-refractivity contribution is 0.0449. The van der Waals surface area contributed by atoms with Gasteiger partial charge in [0.2, 0.25) is 0 Å². The van der Waals surface area contributed by atoms with E-state index in [1.165, 1.54) is 0 Å². The van der Waals surface area contributed by atoms with Crippen LogP contribution < -0.4 is 0 Å². The molecule has 6 nitrogen and oxygen atoms in total. The fourth-order valence-corrected chi connectivity index (χ4v) is 3.67. The van der Waals surface area contributed by atoms with Crippen molar-refractivity contribution >= 4 is 16.9 Å². The van der Waals surface area contributed by atoms with Gasteiger partial charge in [0, 0.05) is 11.6 Å². The summed E-state index contributed by atoms with van der Waals surface area (Å²) in [5.41, 5.74) is 5.08. The van der Waals surface area contributed by atoms with Crippen molar-refractivity contribution in [3.63, 3.8) is 0 Å². The van der Waals surface area contributed by atoms with Gasteiger partial charge in [0.25, 0.3) is 0 Å². The van der Waals surface area contributed by atoms with Gasteiger partial charge >= 0.3 is 5.97 Å². The molecule has 170 valence electrons. The smallest absolute Gasteiger partial charge is 0.338 e. The molecule has 33 heavy (non-hydrogen) atoms. The molecule has 6 heteroatoms. The van der Waals surface area contributed by atoms with Crippen LogP contribution >= 0.6 is 0 Å². The maximum absolute atomic E-state index is 12.6. The van der Waals surface area contributed by atoms with E-state index in [2.05, 4.69) is 17.1 Å². The summed E-state index contributed by atoms with van der Waals surface area (Å²) < 4.78 is 13.3. The minimum atomic E-state index is -0.299. The van der Waals surface area contributed by atoms with Crippen LogP contribution in [0.5, 0.6) is 0 Å². The van der Waals surface area contributed by atoms with E-state index in [1.54, 1.807) is 6.33 Å². The van der Waals surface area contributed by atoms with Crippen LogP contribution in [0.1, 0.15) is 46.7 Å². The van der Waals surface area contributed by atoms with Crippen LogP contribution in [0.25, 0.3) is 10.9 Å². The average Bonchev–Trinajstić information content (AvgIpc) is 3.24. The van der Waals surface area contributed by atoms with Crippen molar-refractivity contribution in [1.82, 2.24) is 14.5 Å². The third-order valence-corrected chi connectivity index (χ3v) is 5.31. The first-order valence-corrected chi connectivity index (χ1v) is 11.2. The van der Waals surface area contributed by atoms with E-state index >= 15 is 0 Å². The molecule has 0 aliphatic heterocycles. The predicted octanol–water partition coefficient (Wildman–Crippen LogP) is 5.32. The lowest BCUT2D eigenvalue weighted by Crippen LogP contribution is -2.14. The van der Waals surface area contributed by atoms with E-state index in [4.69, 9.17) is 14.5 Å². The third kappa shape index (κ3) is 5.84. The summed E-state index contributed by atoms with van der Waals surface area (Å²) in [6.07, 6.45) is 3.75. The predicted molar refractivity (Wildman–Crippen MR) is 128 cm³/mol. The minimum absolute atomic E-state index is 0.289. The number of benzene rings is 2. The Balaban J connectivity index is 1.36. The fourth-order valence-electron chi connectivity index (χ4n) is 3.67. The van der Waals surface area contributed by atoms with Gasteiger partial charge in [-0.2, -0.15) is 0 Å². The van der Waals surface area contributed by atoms with Crippen molar-refractivity contribution in [3.8, 4) is 0 Å². The first kappa shape index (κ1) is 22.7. The van der Waals surface area contributed by atoms with Gasteiger partial charge in [-0.25, -0.2) is 9.78 Å². The highest BCUT2D eigenvalue weighted by Gasteiger charge is 2.16. The van der Waals surface area contributed by atoms with Crippen molar-refractivity contribution in [1.29, 1.82) is 0 Å². The van der Waals surface area contributed by atoms with Gasteiger partial charge in [-0.3, -0.25) is 4.98 Å². The molecule has 0 radical (unpaired) electrons. The van der Waals surface area contributed by atoms with Crippen LogP contribution in [0.3, 0.4) is 0 Å². The van der Waals surface area contributed by atoms with Gasteiger partial charge in [-0.15, -0.1) is 0 Å². The summed E-state index contributed by atoms with van der Waals surface area (Å²) in [6.45, 7) is 7.66. The molecular weight excluding hydrogens is 414 g/mol. The van der Waals surface area contributed by atoms with Crippen LogP contribution in [0.2, 0.25) is 0 Å². The summed E-state index contributed by atoms with van der Waals surface area (Å²) in [7, 11) is 0. The average molecular weight is 444 g/mol. The van der Waals surface area contributed by atoms with E-state index < -0.39 is 0 Å². The molecule has 4 rings (SSSR count). The van der Waals surface area contributed by atoms with E-state index in [0.29, 0.717) is 31.9 Å². The third-order valence-electron chi connectivity index (χ3n) is 5.31. The summed E-state index contributed by atoms with van der Waals surface area (Å²) >= 11 is 0. The van der Waals surface area contributed by atoms with Crippen LogP contribution in [-0.4, -0.2) is 27.1 Å². The van der Waals surface area contributed by atoms with Gasteiger partial charge < -0.3 is 14.0 Å². The number of rotatable bonds is 9. The van der Waals surface area contributed by atoms with Gasteiger partial charge in [-0.1, -0.05) is 56.3 Å². The van der Waals surface area contributed by atoms with Crippen molar-refractivity contribution in [2.75, 3.05) is 6.61 Å². The minimum Gasteiger partial charge on any atom is -0.462 e. The molecule has 0 fully saturated rings. The van der Waals surface area contributed by atoms with Crippen LogP contribution in [0.15, 0.2) is 67.1 Å². The second-order valence-corrected chi connectivity index (χ2v) is 8.63. The number of esters is 1. The van der Waals surface area contributed by atoms with Crippen molar-refractivity contribution in [2.24, 2.45) is 5.92 Å². The van der Waals surface area contributed by atoms with Crippen molar-refractivity contribution < 1.29 is 14.3 Å². The van der Waals surface area contributed by atoms with Crippen LogP contribution in [0.4, 0.5) is 0 Å². The Labute approximate surface area is 194 Å². The lowest BCUT2D eigenvalue weighted by atomic mass is 10.0. The number of nitrogens with zero attached hydrogens (tertiary/aromatic N) is 3. The number of hydrogen-bond donors (Lipinski definition) is 0. The van der Waals surface area contributed by atoms with E-state index in [-0.39, 0.29) is 11.9 Å². The molecule has 0 unspecified atom stereocenters. The zero-order valence-electron chi connectivity index (χ0n) is 19.3. The number of imidazole rings is 1. The largest absolute Gasteiger partial charge is 0.462 e. The molecule has 0 aliphatic rings. The molecule has 0 saturated carbocycles. The van der Waals surface area contributed by atoms with Gasteiger partial charge in [0.05, 0.1) is 55.2 Å². The summed E-state index contributed by atoms with van der Waals surface area (Å²) in [6, 6.07) is 18.0. The van der Waals surface area contributed by atoms with E-state index in [9.17, 15) is 4.79 Å². The van der Waals surface area contributed by atoms with Gasteiger partial charge in [0.1, 0.15) is 0 Å². The lowest BCUT2D eigenvalue weighted by Gasteiger charge is -2.13. The highest BCUT2D eigenvalue weighted by atomic mass is 16.5. The molecule has 2 aromatic heterocycles. The number of pyridine rings is 1. The molecule has 0 atom stereocenters. The summed E-state index contributed by atoms with van der Waals surface area (Å²) in [5, 5.41) is 1.13. The fraction of sp³-hybridized carbons (Fsp3) is 0.296. The molecule has 0 amide bonds. The topological polar surface area (TPSA) is 66.2 Å². The highest BCUT2D eigenvalue weighted by molar-refractivity contribution is 5.92. The molecule has 2 heterocycles. The van der Waals surface area contributed by atoms with Crippen LogP contribution in [-0.2, 0) is 29.2 Å². The number of aryl methyl sites for hydroxylation is 1. The maximum atomic E-state index is 12.6. The first-order valence-electron chi connectivity index (χ1n) is 11.2. The second-order valence-electron chi connectivity index (χ2n) is 8.63. The molecule has 4 aromatic rings. The van der Waals surface area contributed by atoms with Crippen molar-refractivity contribution in [2.45, 2.75) is 40.5 Å². The normalized spacial score (nSPS) is 11.3. The monoisotopic (exact) mass is 443 g/mol. The van der Waals surface area contributed by atoms with E-state index in [0.717, 1.165) is 33.4 Å². The number of fused-ring (bicyclic) bond motifs is 1.